The highest BCUT2D eigenvalue weighted by Gasteiger charge is 2.15. The first-order valence-electron chi connectivity index (χ1n) is 4.86. The molecule has 88 valence electrons. The molecule has 17 heavy (non-hydrogen) atoms. The van der Waals surface area contributed by atoms with E-state index in [9.17, 15) is 9.18 Å². The van der Waals surface area contributed by atoms with Crippen molar-refractivity contribution in [3.63, 3.8) is 0 Å². The number of amides is 1. The Morgan fingerprint density at radius 2 is 2.18 bits per heavy atom. The third-order valence-electron chi connectivity index (χ3n) is 2.14. The SMILES string of the molecule is Cc1nc(N)sc1C(=O)Nc1ccccc1F. The number of nitrogens with two attached hydrogens (primary N) is 1. The molecule has 0 aliphatic rings. The lowest BCUT2D eigenvalue weighted by atomic mass is 10.3. The number of rotatable bonds is 2. The Labute approximate surface area is 101 Å². The van der Waals surface area contributed by atoms with Gasteiger partial charge in [0.2, 0.25) is 0 Å². The second-order valence-electron chi connectivity index (χ2n) is 3.40. The molecule has 3 N–H and O–H groups in total. The molecule has 1 amide bonds. The van der Waals surface area contributed by atoms with Gasteiger partial charge in [0.25, 0.3) is 5.91 Å². The number of nitrogen functional groups attached to an aromatic ring is 1. The van der Waals surface area contributed by atoms with Gasteiger partial charge in [0.05, 0.1) is 11.4 Å². The Kier molecular flexibility index (Phi) is 3.06. The number of carbonyl (C=O) groups is 1. The van der Waals surface area contributed by atoms with Crippen LogP contribution in [-0.4, -0.2) is 10.9 Å². The van der Waals surface area contributed by atoms with Gasteiger partial charge < -0.3 is 11.1 Å². The summed E-state index contributed by atoms with van der Waals surface area (Å²) in [6.45, 7) is 1.68. The summed E-state index contributed by atoms with van der Waals surface area (Å²) in [4.78, 5) is 16.2. The number of anilines is 2. The highest BCUT2D eigenvalue weighted by atomic mass is 32.1. The van der Waals surface area contributed by atoms with Crippen molar-refractivity contribution in [2.75, 3.05) is 11.1 Å². The minimum atomic E-state index is -0.476. The third-order valence-corrected chi connectivity index (χ3v) is 3.13. The summed E-state index contributed by atoms with van der Waals surface area (Å²) >= 11 is 1.08. The van der Waals surface area contributed by atoms with Gasteiger partial charge in [0, 0.05) is 0 Å². The molecule has 0 saturated carbocycles. The first-order valence-corrected chi connectivity index (χ1v) is 5.68. The van der Waals surface area contributed by atoms with Crippen LogP contribution in [0.5, 0.6) is 0 Å². The van der Waals surface area contributed by atoms with E-state index >= 15 is 0 Å². The lowest BCUT2D eigenvalue weighted by Gasteiger charge is -2.04. The number of aryl methyl sites for hydroxylation is 1. The number of carbonyl (C=O) groups excluding carboxylic acids is 1. The minimum absolute atomic E-state index is 0.142. The summed E-state index contributed by atoms with van der Waals surface area (Å²) < 4.78 is 13.3. The van der Waals surface area contributed by atoms with Gasteiger partial charge in [-0.15, -0.1) is 0 Å². The number of benzene rings is 1. The average molecular weight is 251 g/mol. The standard InChI is InChI=1S/C11H10FN3OS/c1-6-9(17-11(13)14-6)10(16)15-8-5-3-2-4-7(8)12/h2-5H,1H3,(H2,13,14)(H,15,16). The first kappa shape index (κ1) is 11.5. The van der Waals surface area contributed by atoms with Gasteiger partial charge in [-0.2, -0.15) is 0 Å². The number of hydrogen-bond donors (Lipinski definition) is 2. The fraction of sp³-hybridized carbons (Fsp3) is 0.0909. The van der Waals surface area contributed by atoms with E-state index in [1.807, 2.05) is 0 Å². The summed E-state index contributed by atoms with van der Waals surface area (Å²) in [5.41, 5.74) is 6.18. The second kappa shape index (κ2) is 4.50. The molecule has 0 bridgehead atoms. The predicted molar refractivity (Wildman–Crippen MR) is 65.6 cm³/mol. The number of thiazole rings is 1. The molecule has 1 heterocycles. The van der Waals surface area contributed by atoms with E-state index in [0.717, 1.165) is 11.3 Å². The molecule has 4 nitrogen and oxygen atoms in total. The number of nitrogens with zero attached hydrogens (tertiary/aromatic N) is 1. The van der Waals surface area contributed by atoms with Crippen molar-refractivity contribution < 1.29 is 9.18 Å². The quantitative estimate of drug-likeness (QED) is 0.861. The van der Waals surface area contributed by atoms with Gasteiger partial charge in [-0.1, -0.05) is 23.5 Å². The van der Waals surface area contributed by atoms with Crippen LogP contribution >= 0.6 is 11.3 Å². The summed E-state index contributed by atoms with van der Waals surface area (Å²) in [6, 6.07) is 5.98. The molecule has 0 fully saturated rings. The zero-order chi connectivity index (χ0) is 12.4. The maximum absolute atomic E-state index is 13.3. The molecular formula is C11H10FN3OS. The lowest BCUT2D eigenvalue weighted by molar-refractivity contribution is 0.102. The van der Waals surface area contributed by atoms with Crippen molar-refractivity contribution in [3.05, 3.63) is 40.7 Å². The van der Waals surface area contributed by atoms with E-state index in [4.69, 9.17) is 5.73 Å². The number of aromatic nitrogens is 1. The van der Waals surface area contributed by atoms with E-state index < -0.39 is 11.7 Å². The second-order valence-corrected chi connectivity index (χ2v) is 4.43. The third kappa shape index (κ3) is 2.42. The number of hydrogen-bond acceptors (Lipinski definition) is 4. The fourth-order valence-electron chi connectivity index (χ4n) is 1.37. The maximum Gasteiger partial charge on any atom is 0.267 e. The fourth-order valence-corrected chi connectivity index (χ4v) is 2.10. The van der Waals surface area contributed by atoms with E-state index in [2.05, 4.69) is 10.3 Å². The van der Waals surface area contributed by atoms with Crippen molar-refractivity contribution in [1.82, 2.24) is 4.98 Å². The molecule has 2 aromatic rings. The first-order chi connectivity index (χ1) is 8.08. The monoisotopic (exact) mass is 251 g/mol. The molecule has 0 aliphatic carbocycles. The van der Waals surface area contributed by atoms with Gasteiger partial charge in [-0.05, 0) is 19.1 Å². The van der Waals surface area contributed by atoms with Crippen LogP contribution in [-0.2, 0) is 0 Å². The number of para-hydroxylation sites is 1. The highest BCUT2D eigenvalue weighted by molar-refractivity contribution is 7.17. The van der Waals surface area contributed by atoms with Crippen LogP contribution in [0.3, 0.4) is 0 Å². The van der Waals surface area contributed by atoms with Gasteiger partial charge in [-0.3, -0.25) is 4.79 Å². The van der Waals surface area contributed by atoms with Crippen molar-refractivity contribution in [2.45, 2.75) is 6.92 Å². The van der Waals surface area contributed by atoms with Crippen LogP contribution in [0.25, 0.3) is 0 Å². The van der Waals surface area contributed by atoms with Gasteiger partial charge in [0.15, 0.2) is 5.13 Å². The topological polar surface area (TPSA) is 68.0 Å². The van der Waals surface area contributed by atoms with Crippen LogP contribution < -0.4 is 11.1 Å². The Morgan fingerprint density at radius 3 is 2.76 bits per heavy atom. The molecule has 0 spiro atoms. The summed E-state index contributed by atoms with van der Waals surface area (Å²) in [7, 11) is 0. The average Bonchev–Trinajstić information content (AvgIpc) is 2.61. The largest absolute Gasteiger partial charge is 0.375 e. The van der Waals surface area contributed by atoms with Crippen molar-refractivity contribution in [1.29, 1.82) is 0 Å². The van der Waals surface area contributed by atoms with Crippen LogP contribution in [0.1, 0.15) is 15.4 Å². The molecule has 0 radical (unpaired) electrons. The minimum Gasteiger partial charge on any atom is -0.375 e. The Bertz CT molecular complexity index is 568. The summed E-state index contributed by atoms with van der Waals surface area (Å²) in [6.07, 6.45) is 0. The normalized spacial score (nSPS) is 10.2. The van der Waals surface area contributed by atoms with Crippen molar-refractivity contribution in [3.8, 4) is 0 Å². The Morgan fingerprint density at radius 1 is 1.47 bits per heavy atom. The predicted octanol–water partition coefficient (Wildman–Crippen LogP) is 2.43. The van der Waals surface area contributed by atoms with Crippen molar-refractivity contribution >= 4 is 28.1 Å². The molecule has 1 aromatic heterocycles. The van der Waals surface area contributed by atoms with Crippen LogP contribution in [0.15, 0.2) is 24.3 Å². The number of nitrogens with one attached hydrogen (secondary N) is 1. The molecule has 1 aromatic carbocycles. The molecule has 2 rings (SSSR count). The molecule has 0 atom stereocenters. The smallest absolute Gasteiger partial charge is 0.267 e. The zero-order valence-corrected chi connectivity index (χ0v) is 9.84. The molecule has 0 saturated heterocycles. The Hall–Kier alpha value is -1.95. The van der Waals surface area contributed by atoms with E-state index in [0.29, 0.717) is 15.7 Å². The molecule has 0 unspecified atom stereocenters. The molecule has 0 aliphatic heterocycles. The highest BCUT2D eigenvalue weighted by Crippen LogP contribution is 2.21. The zero-order valence-electron chi connectivity index (χ0n) is 9.03. The summed E-state index contributed by atoms with van der Waals surface area (Å²) in [5, 5.41) is 2.80. The molecule has 6 heteroatoms. The van der Waals surface area contributed by atoms with Crippen LogP contribution in [0, 0.1) is 12.7 Å². The number of halogens is 1. The maximum atomic E-state index is 13.3. The lowest BCUT2D eigenvalue weighted by Crippen LogP contribution is -2.12. The van der Waals surface area contributed by atoms with Crippen LogP contribution in [0.4, 0.5) is 15.2 Å². The summed E-state index contributed by atoms with van der Waals surface area (Å²) in [5.74, 6) is -0.877. The van der Waals surface area contributed by atoms with Crippen molar-refractivity contribution in [2.24, 2.45) is 0 Å². The van der Waals surface area contributed by atoms with E-state index in [-0.39, 0.29) is 5.69 Å². The van der Waals surface area contributed by atoms with Crippen LogP contribution in [0.2, 0.25) is 0 Å². The van der Waals surface area contributed by atoms with Gasteiger partial charge in [0.1, 0.15) is 10.7 Å². The van der Waals surface area contributed by atoms with E-state index in [1.165, 1.54) is 12.1 Å². The Balaban J connectivity index is 2.23. The van der Waals surface area contributed by atoms with Gasteiger partial charge in [-0.25, -0.2) is 9.37 Å². The molecular weight excluding hydrogens is 241 g/mol. The van der Waals surface area contributed by atoms with E-state index in [1.54, 1.807) is 19.1 Å². The van der Waals surface area contributed by atoms with Gasteiger partial charge >= 0.3 is 0 Å².